The van der Waals surface area contributed by atoms with E-state index in [-0.39, 0.29) is 36.6 Å². The zero-order valence-electron chi connectivity index (χ0n) is 29.3. The first-order valence-corrected chi connectivity index (χ1v) is 14.5. The van der Waals surface area contributed by atoms with Crippen LogP contribution in [0.3, 0.4) is 0 Å². The second-order valence-electron chi connectivity index (χ2n) is 11.9. The van der Waals surface area contributed by atoms with Crippen LogP contribution < -0.4 is 10.6 Å². The fraction of sp³-hybridized carbons (Fsp3) is 0.862. The number of nitrogens with zero attached hydrogens (tertiary/aromatic N) is 3. The summed E-state index contributed by atoms with van der Waals surface area (Å²) in [5.41, 5.74) is -0.500. The average Bonchev–Trinajstić information content (AvgIpc) is 3.67. The Morgan fingerprint density at radius 1 is 0.705 bits per heavy atom. The van der Waals surface area contributed by atoms with E-state index < -0.39 is 41.5 Å². The van der Waals surface area contributed by atoms with Crippen molar-refractivity contribution in [2.75, 3.05) is 63.0 Å². The SMILES string of the molecule is CC(C)C(C(=O)O)N(C)C.CN(C)C(CO)C(=O)O.CN(C)C1(C(=O)O)CC1.CNC(C(=O)O)C(C)C.CNC(C)C(C)O. The molecule has 0 spiro atoms. The number of hydrogen-bond acceptors (Lipinski definition) is 11. The van der Waals surface area contributed by atoms with Crippen LogP contribution in [-0.4, -0.2) is 168 Å². The number of likely N-dealkylation sites (N-methyl/N-ethyl adjacent to an activating group) is 5. The molecule has 0 heterocycles. The maximum Gasteiger partial charge on any atom is 0.324 e. The maximum atomic E-state index is 10.5. The number of hydrogen-bond donors (Lipinski definition) is 8. The predicted octanol–water partition coefficient (Wildman–Crippen LogP) is 0.106. The van der Waals surface area contributed by atoms with Crippen molar-refractivity contribution in [1.29, 1.82) is 0 Å². The van der Waals surface area contributed by atoms with Crippen molar-refractivity contribution < 1.29 is 49.8 Å². The van der Waals surface area contributed by atoms with Crippen molar-refractivity contribution in [1.82, 2.24) is 25.3 Å². The Bertz CT molecular complexity index is 769. The van der Waals surface area contributed by atoms with Gasteiger partial charge in [0.1, 0.15) is 23.7 Å². The van der Waals surface area contributed by atoms with Crippen LogP contribution in [0, 0.1) is 11.8 Å². The van der Waals surface area contributed by atoms with E-state index in [2.05, 4.69) is 10.6 Å². The van der Waals surface area contributed by atoms with Crippen LogP contribution in [0.4, 0.5) is 0 Å². The van der Waals surface area contributed by atoms with E-state index in [1.807, 2.05) is 41.7 Å². The van der Waals surface area contributed by atoms with Crippen LogP contribution in [0.5, 0.6) is 0 Å². The molecule has 5 unspecified atom stereocenters. The number of aliphatic hydroxyl groups excluding tert-OH is 2. The lowest BCUT2D eigenvalue weighted by Gasteiger charge is -2.22. The Balaban J connectivity index is -0.000000228. The molecule has 0 aromatic carbocycles. The van der Waals surface area contributed by atoms with Crippen LogP contribution >= 0.6 is 0 Å². The Kier molecular flexibility index (Phi) is 27.4. The largest absolute Gasteiger partial charge is 0.480 e. The van der Waals surface area contributed by atoms with Gasteiger partial charge in [0, 0.05) is 6.04 Å². The van der Waals surface area contributed by atoms with Crippen molar-refractivity contribution in [3.05, 3.63) is 0 Å². The molecule has 1 saturated carbocycles. The normalized spacial score (nSPS) is 16.4. The van der Waals surface area contributed by atoms with E-state index >= 15 is 0 Å². The van der Waals surface area contributed by atoms with Gasteiger partial charge in [-0.15, -0.1) is 0 Å². The van der Waals surface area contributed by atoms with Crippen LogP contribution in [0.15, 0.2) is 0 Å². The number of carbonyl (C=O) groups is 4. The molecule has 0 radical (unpaired) electrons. The van der Waals surface area contributed by atoms with E-state index in [1.54, 1.807) is 66.1 Å². The molecule has 44 heavy (non-hydrogen) atoms. The van der Waals surface area contributed by atoms with Gasteiger partial charge >= 0.3 is 23.9 Å². The van der Waals surface area contributed by atoms with Crippen molar-refractivity contribution in [2.45, 2.75) is 90.2 Å². The first kappa shape index (κ1) is 48.5. The Morgan fingerprint density at radius 3 is 1.14 bits per heavy atom. The zero-order valence-corrected chi connectivity index (χ0v) is 29.3. The quantitative estimate of drug-likeness (QED) is 0.134. The fourth-order valence-corrected chi connectivity index (χ4v) is 3.52. The van der Waals surface area contributed by atoms with Crippen molar-refractivity contribution in [2.24, 2.45) is 11.8 Å². The molecule has 15 nitrogen and oxygen atoms in total. The summed E-state index contributed by atoms with van der Waals surface area (Å²) >= 11 is 0. The molecular weight excluding hydrogens is 578 g/mol. The minimum absolute atomic E-state index is 0.146. The van der Waals surface area contributed by atoms with Gasteiger partial charge in [-0.3, -0.25) is 33.9 Å². The zero-order chi connectivity index (χ0) is 36.1. The highest BCUT2D eigenvalue weighted by atomic mass is 16.4. The van der Waals surface area contributed by atoms with Gasteiger partial charge in [0.05, 0.1) is 12.7 Å². The third-order valence-electron chi connectivity index (χ3n) is 6.92. The third kappa shape index (κ3) is 21.3. The molecule has 264 valence electrons. The summed E-state index contributed by atoms with van der Waals surface area (Å²) in [4.78, 5) is 46.4. The number of carboxylic acid groups (broad SMARTS) is 4. The number of aliphatic carboxylic acids is 4. The summed E-state index contributed by atoms with van der Waals surface area (Å²) in [6.45, 7) is 10.9. The molecule has 1 aliphatic carbocycles. The molecule has 1 rings (SSSR count). The van der Waals surface area contributed by atoms with Gasteiger partial charge in [0.2, 0.25) is 0 Å². The molecule has 15 heteroatoms. The molecule has 0 amide bonds. The summed E-state index contributed by atoms with van der Waals surface area (Å²) in [7, 11) is 13.9. The predicted molar refractivity (Wildman–Crippen MR) is 171 cm³/mol. The van der Waals surface area contributed by atoms with Gasteiger partial charge in [-0.1, -0.05) is 27.7 Å². The van der Waals surface area contributed by atoms with Gasteiger partial charge in [-0.05, 0) is 94.9 Å². The lowest BCUT2D eigenvalue weighted by molar-refractivity contribution is -0.144. The molecule has 1 fully saturated rings. The molecule has 0 bridgehead atoms. The summed E-state index contributed by atoms with van der Waals surface area (Å²) in [5.74, 6) is -2.91. The molecule has 5 atom stereocenters. The molecule has 0 aromatic heterocycles. The van der Waals surface area contributed by atoms with E-state index in [0.29, 0.717) is 0 Å². The number of carboxylic acids is 4. The van der Waals surface area contributed by atoms with Gasteiger partial charge in [0.25, 0.3) is 0 Å². The molecule has 0 saturated heterocycles. The smallest absolute Gasteiger partial charge is 0.324 e. The second kappa shape index (κ2) is 24.9. The molecule has 0 aliphatic heterocycles. The summed E-state index contributed by atoms with van der Waals surface area (Å²) in [6.07, 6.45) is 1.36. The van der Waals surface area contributed by atoms with Crippen LogP contribution in [0.25, 0.3) is 0 Å². The van der Waals surface area contributed by atoms with Gasteiger partial charge < -0.3 is 41.3 Å². The lowest BCUT2D eigenvalue weighted by atomic mass is 10.0. The topological polar surface area (TPSA) is 223 Å². The van der Waals surface area contributed by atoms with Crippen LogP contribution in [0.2, 0.25) is 0 Å². The Morgan fingerprint density at radius 2 is 1.14 bits per heavy atom. The highest BCUT2D eigenvalue weighted by Crippen LogP contribution is 2.39. The van der Waals surface area contributed by atoms with E-state index in [4.69, 9.17) is 30.6 Å². The van der Waals surface area contributed by atoms with E-state index in [9.17, 15) is 19.2 Å². The summed E-state index contributed by atoms with van der Waals surface area (Å²) < 4.78 is 0. The van der Waals surface area contributed by atoms with Crippen molar-refractivity contribution in [3.8, 4) is 0 Å². The molecular formula is C29H63N5O10. The van der Waals surface area contributed by atoms with Crippen molar-refractivity contribution in [3.63, 3.8) is 0 Å². The average molecular weight is 642 g/mol. The van der Waals surface area contributed by atoms with Gasteiger partial charge in [-0.25, -0.2) is 0 Å². The lowest BCUT2D eigenvalue weighted by Crippen LogP contribution is -2.39. The first-order chi connectivity index (χ1) is 19.9. The highest BCUT2D eigenvalue weighted by Gasteiger charge is 2.52. The van der Waals surface area contributed by atoms with E-state index in [1.165, 1.54) is 4.90 Å². The fourth-order valence-electron chi connectivity index (χ4n) is 3.52. The first-order valence-electron chi connectivity index (χ1n) is 14.5. The Hall–Kier alpha value is -2.40. The maximum absolute atomic E-state index is 10.5. The molecule has 0 aromatic rings. The second-order valence-corrected chi connectivity index (χ2v) is 11.9. The Labute approximate surface area is 264 Å². The van der Waals surface area contributed by atoms with E-state index in [0.717, 1.165) is 12.8 Å². The van der Waals surface area contributed by atoms with Gasteiger partial charge in [-0.2, -0.15) is 0 Å². The van der Waals surface area contributed by atoms with Gasteiger partial charge in [0.15, 0.2) is 0 Å². The van der Waals surface area contributed by atoms with Crippen LogP contribution in [0.1, 0.15) is 54.4 Å². The number of rotatable bonds is 13. The summed E-state index contributed by atoms with van der Waals surface area (Å²) in [5, 5.41) is 56.9. The monoisotopic (exact) mass is 641 g/mol. The van der Waals surface area contributed by atoms with Crippen molar-refractivity contribution >= 4 is 23.9 Å². The summed E-state index contributed by atoms with van der Waals surface area (Å²) in [6, 6.07) is -1.34. The minimum atomic E-state index is -0.998. The number of aliphatic hydroxyl groups is 2. The van der Waals surface area contributed by atoms with Crippen LogP contribution in [-0.2, 0) is 19.2 Å². The highest BCUT2D eigenvalue weighted by molar-refractivity contribution is 5.82. The minimum Gasteiger partial charge on any atom is -0.480 e. The molecule has 8 N–H and O–H groups in total. The third-order valence-corrected chi connectivity index (χ3v) is 6.92. The standard InChI is InChI=1S/C7H15NO2.C6H11NO2.C6H13NO2.C5H11NO3.C5H13NO/c1-5(2)6(7(9)10)8(3)4;1-7(2)6(3-4-6)5(8)9;1-4(2)5(7-3)6(8)9;1-6(2)4(3-7)5(8)9;1-4(6-3)5(2)7/h5-6H,1-4H3,(H,9,10);3-4H2,1-2H3,(H,8,9);4-5,7H,1-3H3,(H,8,9);4,7H,3H2,1-2H3,(H,8,9);4-7H,1-3H3. The number of nitrogens with one attached hydrogen (secondary N) is 2. The molecule has 1 aliphatic rings.